The van der Waals surface area contributed by atoms with Gasteiger partial charge in [0.15, 0.2) is 0 Å². The lowest BCUT2D eigenvalue weighted by atomic mass is 9.95. The number of hydrogen-bond acceptors (Lipinski definition) is 3. The molecule has 0 radical (unpaired) electrons. The van der Waals surface area contributed by atoms with Gasteiger partial charge in [0.1, 0.15) is 11.3 Å². The first-order valence-corrected chi connectivity index (χ1v) is 4.48. The molecule has 1 aromatic carbocycles. The van der Waals surface area contributed by atoms with Gasteiger partial charge in [-0.25, -0.2) is 0 Å². The first-order valence-electron chi connectivity index (χ1n) is 4.48. The summed E-state index contributed by atoms with van der Waals surface area (Å²) in [7, 11) is 1.77. The molecule has 1 rings (SSSR count). The molecule has 0 bridgehead atoms. The van der Waals surface area contributed by atoms with E-state index in [1.54, 1.807) is 19.2 Å². The summed E-state index contributed by atoms with van der Waals surface area (Å²) in [6, 6.07) is 9.12. The summed E-state index contributed by atoms with van der Waals surface area (Å²) in [6.45, 7) is 1.85. The van der Waals surface area contributed by atoms with Crippen molar-refractivity contribution in [3.63, 3.8) is 0 Å². The Morgan fingerprint density at radius 1 is 1.43 bits per heavy atom. The normalized spacial score (nSPS) is 14.4. The van der Waals surface area contributed by atoms with Gasteiger partial charge < -0.3 is 10.4 Å². The van der Waals surface area contributed by atoms with Crippen LogP contribution in [0, 0.1) is 11.3 Å². The predicted molar refractivity (Wildman–Crippen MR) is 54.9 cm³/mol. The third-order valence-corrected chi connectivity index (χ3v) is 2.29. The number of likely N-dealkylation sites (N-methyl/N-ethyl adjacent to an activating group) is 1. The molecule has 0 aliphatic carbocycles. The van der Waals surface area contributed by atoms with Gasteiger partial charge in [0.25, 0.3) is 0 Å². The van der Waals surface area contributed by atoms with E-state index in [9.17, 15) is 0 Å². The minimum absolute atomic E-state index is 0.247. The van der Waals surface area contributed by atoms with Gasteiger partial charge in [-0.1, -0.05) is 12.1 Å². The van der Waals surface area contributed by atoms with Gasteiger partial charge in [-0.3, -0.25) is 0 Å². The second kappa shape index (κ2) is 4.12. The third kappa shape index (κ3) is 2.48. The van der Waals surface area contributed by atoms with Gasteiger partial charge in [-0.15, -0.1) is 0 Å². The van der Waals surface area contributed by atoms with E-state index >= 15 is 0 Å². The number of benzene rings is 1. The van der Waals surface area contributed by atoms with Gasteiger partial charge in [-0.2, -0.15) is 5.26 Å². The summed E-state index contributed by atoms with van der Waals surface area (Å²) in [5.74, 6) is 0.247. The van der Waals surface area contributed by atoms with Crippen molar-refractivity contribution >= 4 is 0 Å². The van der Waals surface area contributed by atoms with Crippen molar-refractivity contribution < 1.29 is 5.11 Å². The molecule has 0 fully saturated rings. The van der Waals surface area contributed by atoms with Gasteiger partial charge >= 0.3 is 0 Å². The number of nitriles is 1. The van der Waals surface area contributed by atoms with Gasteiger partial charge in [0.2, 0.25) is 0 Å². The SMILES string of the molecule is CNC(C)(C#N)Cc1ccc(O)cc1. The number of phenolic OH excluding ortho intramolecular Hbond substituents is 1. The van der Waals surface area contributed by atoms with Gasteiger partial charge in [-0.05, 0) is 31.7 Å². The Bertz CT molecular complexity index is 339. The van der Waals surface area contributed by atoms with Crippen LogP contribution in [-0.2, 0) is 6.42 Å². The van der Waals surface area contributed by atoms with E-state index in [0.29, 0.717) is 6.42 Å². The maximum Gasteiger partial charge on any atom is 0.115 e. The van der Waals surface area contributed by atoms with Crippen molar-refractivity contribution in [3.05, 3.63) is 29.8 Å². The maximum absolute atomic E-state index is 9.09. The van der Waals surface area contributed by atoms with Crippen LogP contribution in [0.25, 0.3) is 0 Å². The molecule has 0 aromatic heterocycles. The molecular formula is C11H14N2O. The zero-order chi connectivity index (χ0) is 10.6. The Morgan fingerprint density at radius 3 is 2.43 bits per heavy atom. The summed E-state index contributed by atoms with van der Waals surface area (Å²) < 4.78 is 0. The Balaban J connectivity index is 2.79. The molecule has 1 atom stereocenters. The van der Waals surface area contributed by atoms with Crippen LogP contribution in [0.2, 0.25) is 0 Å². The maximum atomic E-state index is 9.09. The highest BCUT2D eigenvalue weighted by Gasteiger charge is 2.21. The number of aromatic hydroxyl groups is 1. The highest BCUT2D eigenvalue weighted by molar-refractivity contribution is 5.28. The lowest BCUT2D eigenvalue weighted by Gasteiger charge is -2.20. The van der Waals surface area contributed by atoms with Crippen molar-refractivity contribution in [2.24, 2.45) is 0 Å². The molecule has 0 saturated heterocycles. The van der Waals surface area contributed by atoms with E-state index < -0.39 is 5.54 Å². The van der Waals surface area contributed by atoms with E-state index in [0.717, 1.165) is 5.56 Å². The minimum atomic E-state index is -0.545. The fourth-order valence-electron chi connectivity index (χ4n) is 1.21. The lowest BCUT2D eigenvalue weighted by molar-refractivity contribution is 0.472. The molecule has 0 aliphatic rings. The Kier molecular flexibility index (Phi) is 3.10. The predicted octanol–water partition coefficient (Wildman–Crippen LogP) is 1.44. The van der Waals surface area contributed by atoms with Crippen molar-refractivity contribution in [2.75, 3.05) is 7.05 Å². The molecule has 3 nitrogen and oxygen atoms in total. The molecule has 0 heterocycles. The number of phenols is 1. The van der Waals surface area contributed by atoms with Gasteiger partial charge in [0, 0.05) is 6.42 Å². The van der Waals surface area contributed by atoms with Crippen LogP contribution in [-0.4, -0.2) is 17.7 Å². The first-order chi connectivity index (χ1) is 6.59. The lowest BCUT2D eigenvalue weighted by Crippen LogP contribution is -2.40. The zero-order valence-electron chi connectivity index (χ0n) is 8.41. The first kappa shape index (κ1) is 10.6. The molecule has 74 valence electrons. The van der Waals surface area contributed by atoms with Crippen LogP contribution < -0.4 is 5.32 Å². The Morgan fingerprint density at radius 2 is 2.00 bits per heavy atom. The number of rotatable bonds is 3. The highest BCUT2D eigenvalue weighted by Crippen LogP contribution is 2.15. The van der Waals surface area contributed by atoms with Crippen molar-refractivity contribution in [3.8, 4) is 11.8 Å². The average molecular weight is 190 g/mol. The molecule has 2 N–H and O–H groups in total. The smallest absolute Gasteiger partial charge is 0.115 e. The second-order valence-electron chi connectivity index (χ2n) is 3.54. The van der Waals surface area contributed by atoms with Crippen molar-refractivity contribution in [1.82, 2.24) is 5.32 Å². The topological polar surface area (TPSA) is 56.0 Å². The molecule has 0 aliphatic heterocycles. The second-order valence-corrected chi connectivity index (χ2v) is 3.54. The van der Waals surface area contributed by atoms with E-state index in [2.05, 4.69) is 11.4 Å². The number of nitrogens with zero attached hydrogens (tertiary/aromatic N) is 1. The van der Waals surface area contributed by atoms with E-state index in [1.165, 1.54) is 0 Å². The Hall–Kier alpha value is -1.53. The number of hydrogen-bond donors (Lipinski definition) is 2. The van der Waals surface area contributed by atoms with E-state index in [-0.39, 0.29) is 5.75 Å². The fraction of sp³-hybridized carbons (Fsp3) is 0.364. The summed E-state index contributed by atoms with van der Waals surface area (Å²) in [4.78, 5) is 0. The summed E-state index contributed by atoms with van der Waals surface area (Å²) in [6.07, 6.45) is 0.625. The minimum Gasteiger partial charge on any atom is -0.508 e. The Labute approximate surface area is 84.0 Å². The molecule has 1 aromatic rings. The third-order valence-electron chi connectivity index (χ3n) is 2.29. The number of nitrogens with one attached hydrogen (secondary N) is 1. The fourth-order valence-corrected chi connectivity index (χ4v) is 1.21. The molecule has 1 unspecified atom stereocenters. The van der Waals surface area contributed by atoms with Gasteiger partial charge in [0.05, 0.1) is 6.07 Å². The van der Waals surface area contributed by atoms with Crippen LogP contribution in [0.15, 0.2) is 24.3 Å². The monoisotopic (exact) mass is 190 g/mol. The summed E-state index contributed by atoms with van der Waals surface area (Å²) in [5.41, 5.74) is 0.484. The molecular weight excluding hydrogens is 176 g/mol. The molecule has 3 heteroatoms. The largest absolute Gasteiger partial charge is 0.508 e. The van der Waals surface area contributed by atoms with Crippen LogP contribution >= 0.6 is 0 Å². The van der Waals surface area contributed by atoms with Crippen LogP contribution in [0.3, 0.4) is 0 Å². The molecule has 0 amide bonds. The summed E-state index contributed by atoms with van der Waals surface area (Å²) >= 11 is 0. The highest BCUT2D eigenvalue weighted by atomic mass is 16.3. The molecule has 0 saturated carbocycles. The van der Waals surface area contributed by atoms with Crippen LogP contribution in [0.5, 0.6) is 5.75 Å². The average Bonchev–Trinajstić information content (AvgIpc) is 2.21. The summed E-state index contributed by atoms with van der Waals surface area (Å²) in [5, 5.41) is 21.0. The molecule has 0 spiro atoms. The zero-order valence-corrected chi connectivity index (χ0v) is 8.41. The molecule has 14 heavy (non-hydrogen) atoms. The van der Waals surface area contributed by atoms with E-state index in [1.807, 2.05) is 19.1 Å². The van der Waals surface area contributed by atoms with Crippen LogP contribution in [0.1, 0.15) is 12.5 Å². The quantitative estimate of drug-likeness (QED) is 0.758. The standard InChI is InChI=1S/C11H14N2O/c1-11(8-12,13-2)7-9-3-5-10(14)6-4-9/h3-6,13-14H,7H2,1-2H3. The van der Waals surface area contributed by atoms with Crippen LogP contribution in [0.4, 0.5) is 0 Å². The van der Waals surface area contributed by atoms with Crippen molar-refractivity contribution in [1.29, 1.82) is 5.26 Å². The van der Waals surface area contributed by atoms with Crippen molar-refractivity contribution in [2.45, 2.75) is 18.9 Å². The van der Waals surface area contributed by atoms with E-state index in [4.69, 9.17) is 10.4 Å².